The van der Waals surface area contributed by atoms with E-state index in [1.165, 1.54) is 5.56 Å². The first-order chi connectivity index (χ1) is 8.72. The number of amides is 1. The van der Waals surface area contributed by atoms with E-state index in [0.29, 0.717) is 13.1 Å². The van der Waals surface area contributed by atoms with Crippen LogP contribution in [0.5, 0.6) is 0 Å². The van der Waals surface area contributed by atoms with Gasteiger partial charge >= 0.3 is 0 Å². The Balaban J connectivity index is 2.73. The summed E-state index contributed by atoms with van der Waals surface area (Å²) in [6.45, 7) is 6.18. The molecule has 0 saturated carbocycles. The average molecular weight is 248 g/mol. The summed E-state index contributed by atoms with van der Waals surface area (Å²) in [7, 11) is 0. The van der Waals surface area contributed by atoms with Gasteiger partial charge < -0.3 is 10.6 Å². The van der Waals surface area contributed by atoms with Gasteiger partial charge in [-0.15, -0.1) is 0 Å². The molecular weight excluding hydrogens is 224 g/mol. The van der Waals surface area contributed by atoms with Crippen molar-refractivity contribution in [2.45, 2.75) is 33.1 Å². The van der Waals surface area contributed by atoms with E-state index in [1.54, 1.807) is 0 Å². The van der Waals surface area contributed by atoms with Gasteiger partial charge in [-0.3, -0.25) is 4.79 Å². The molecule has 0 unspecified atom stereocenters. The number of hydrogen-bond donors (Lipinski definition) is 1. The maximum Gasteiger partial charge on any atom is 0.253 e. The number of rotatable bonds is 7. The van der Waals surface area contributed by atoms with Gasteiger partial charge in [-0.2, -0.15) is 0 Å². The maximum atomic E-state index is 12.3. The molecule has 0 aromatic heterocycles. The van der Waals surface area contributed by atoms with Crippen LogP contribution in [0.1, 0.15) is 42.6 Å². The van der Waals surface area contributed by atoms with Gasteiger partial charge in [-0.05, 0) is 30.5 Å². The van der Waals surface area contributed by atoms with Crippen LogP contribution >= 0.6 is 0 Å². The lowest BCUT2D eigenvalue weighted by atomic mass is 10.1. The molecule has 18 heavy (non-hydrogen) atoms. The first kappa shape index (κ1) is 14.7. The predicted molar refractivity (Wildman–Crippen MR) is 75.7 cm³/mol. The number of nitrogens with zero attached hydrogens (tertiary/aromatic N) is 1. The second-order valence-corrected chi connectivity index (χ2v) is 4.48. The third-order valence-corrected chi connectivity index (χ3v) is 3.08. The molecule has 1 aromatic carbocycles. The first-order valence-electron chi connectivity index (χ1n) is 6.81. The lowest BCUT2D eigenvalue weighted by molar-refractivity contribution is 0.0758. The van der Waals surface area contributed by atoms with Crippen LogP contribution in [-0.4, -0.2) is 30.4 Å². The monoisotopic (exact) mass is 248 g/mol. The molecule has 0 heterocycles. The topological polar surface area (TPSA) is 46.3 Å². The second kappa shape index (κ2) is 7.88. The smallest absolute Gasteiger partial charge is 0.253 e. The summed E-state index contributed by atoms with van der Waals surface area (Å²) in [6, 6.07) is 7.87. The Morgan fingerprint density at radius 2 is 1.83 bits per heavy atom. The molecule has 1 amide bonds. The van der Waals surface area contributed by atoms with Crippen LogP contribution in [0.15, 0.2) is 24.3 Å². The minimum Gasteiger partial charge on any atom is -0.337 e. The van der Waals surface area contributed by atoms with Gasteiger partial charge in [-0.1, -0.05) is 32.4 Å². The van der Waals surface area contributed by atoms with Gasteiger partial charge in [0, 0.05) is 25.2 Å². The quantitative estimate of drug-likeness (QED) is 0.805. The average Bonchev–Trinajstić information content (AvgIpc) is 2.43. The third kappa shape index (κ3) is 4.15. The summed E-state index contributed by atoms with van der Waals surface area (Å²) in [5, 5.41) is 0. The van der Waals surface area contributed by atoms with Crippen LogP contribution in [0.4, 0.5) is 0 Å². The summed E-state index contributed by atoms with van der Waals surface area (Å²) < 4.78 is 0. The van der Waals surface area contributed by atoms with Gasteiger partial charge in [0.05, 0.1) is 0 Å². The van der Waals surface area contributed by atoms with E-state index >= 15 is 0 Å². The van der Waals surface area contributed by atoms with Crippen molar-refractivity contribution in [1.29, 1.82) is 0 Å². The normalized spacial score (nSPS) is 10.4. The Bertz CT molecular complexity index is 359. The van der Waals surface area contributed by atoms with E-state index in [1.807, 2.05) is 29.2 Å². The van der Waals surface area contributed by atoms with E-state index in [2.05, 4.69) is 13.8 Å². The minimum absolute atomic E-state index is 0.0940. The molecular formula is C15H24N2O. The number of carbonyl (C=O) groups is 1. The first-order valence-corrected chi connectivity index (χ1v) is 6.81. The van der Waals surface area contributed by atoms with Crippen molar-refractivity contribution >= 4 is 5.91 Å². The molecule has 1 aromatic rings. The molecule has 0 aliphatic heterocycles. The Morgan fingerprint density at radius 3 is 2.33 bits per heavy atom. The van der Waals surface area contributed by atoms with Gasteiger partial charge in [0.1, 0.15) is 0 Å². The van der Waals surface area contributed by atoms with Crippen LogP contribution < -0.4 is 5.73 Å². The van der Waals surface area contributed by atoms with Crippen LogP contribution in [0.3, 0.4) is 0 Å². The molecule has 0 bridgehead atoms. The van der Waals surface area contributed by atoms with Crippen molar-refractivity contribution in [3.8, 4) is 0 Å². The van der Waals surface area contributed by atoms with E-state index in [0.717, 1.165) is 31.4 Å². The number of aryl methyl sites for hydroxylation is 1. The molecule has 0 fully saturated rings. The van der Waals surface area contributed by atoms with E-state index < -0.39 is 0 Å². The van der Waals surface area contributed by atoms with Gasteiger partial charge in [-0.25, -0.2) is 0 Å². The zero-order valence-corrected chi connectivity index (χ0v) is 11.5. The molecule has 0 spiro atoms. The molecule has 0 saturated heterocycles. The van der Waals surface area contributed by atoms with Gasteiger partial charge in [0.25, 0.3) is 5.91 Å². The number of carbonyl (C=O) groups excluding carboxylic acids is 1. The standard InChI is InChI=1S/C15H24N2O/c1-3-5-11-17(12-10-16)15(18)14-8-6-13(4-2)7-9-14/h6-9H,3-5,10-12,16H2,1-2H3. The molecule has 0 aliphatic carbocycles. The second-order valence-electron chi connectivity index (χ2n) is 4.48. The van der Waals surface area contributed by atoms with Crippen LogP contribution in [0, 0.1) is 0 Å². The van der Waals surface area contributed by atoms with Crippen molar-refractivity contribution in [3.63, 3.8) is 0 Å². The van der Waals surface area contributed by atoms with Gasteiger partial charge in [0.15, 0.2) is 0 Å². The fourth-order valence-corrected chi connectivity index (χ4v) is 1.89. The van der Waals surface area contributed by atoms with Crippen molar-refractivity contribution in [2.24, 2.45) is 5.73 Å². The van der Waals surface area contributed by atoms with E-state index in [4.69, 9.17) is 5.73 Å². The summed E-state index contributed by atoms with van der Waals surface area (Å²) >= 11 is 0. The largest absolute Gasteiger partial charge is 0.337 e. The molecule has 0 atom stereocenters. The molecule has 3 nitrogen and oxygen atoms in total. The zero-order chi connectivity index (χ0) is 13.4. The fraction of sp³-hybridized carbons (Fsp3) is 0.533. The highest BCUT2D eigenvalue weighted by Crippen LogP contribution is 2.09. The molecule has 0 aliphatic rings. The van der Waals surface area contributed by atoms with Crippen LogP contribution in [0.25, 0.3) is 0 Å². The number of unbranched alkanes of at least 4 members (excludes halogenated alkanes) is 1. The number of hydrogen-bond acceptors (Lipinski definition) is 2. The summed E-state index contributed by atoms with van der Waals surface area (Å²) in [5.41, 5.74) is 7.58. The molecule has 3 heteroatoms. The SMILES string of the molecule is CCCCN(CCN)C(=O)c1ccc(CC)cc1. The van der Waals surface area contributed by atoms with Crippen molar-refractivity contribution < 1.29 is 4.79 Å². The Hall–Kier alpha value is -1.35. The lowest BCUT2D eigenvalue weighted by Crippen LogP contribution is -2.36. The van der Waals surface area contributed by atoms with Crippen molar-refractivity contribution in [1.82, 2.24) is 4.90 Å². The minimum atomic E-state index is 0.0940. The van der Waals surface area contributed by atoms with Crippen LogP contribution in [-0.2, 0) is 6.42 Å². The van der Waals surface area contributed by atoms with Crippen LogP contribution in [0.2, 0.25) is 0 Å². The fourth-order valence-electron chi connectivity index (χ4n) is 1.89. The van der Waals surface area contributed by atoms with E-state index in [-0.39, 0.29) is 5.91 Å². The number of benzene rings is 1. The maximum absolute atomic E-state index is 12.3. The zero-order valence-electron chi connectivity index (χ0n) is 11.5. The highest BCUT2D eigenvalue weighted by atomic mass is 16.2. The third-order valence-electron chi connectivity index (χ3n) is 3.08. The Morgan fingerprint density at radius 1 is 1.17 bits per heavy atom. The Kier molecular flexibility index (Phi) is 6.44. The summed E-state index contributed by atoms with van der Waals surface area (Å²) in [5.74, 6) is 0.0940. The molecule has 1 rings (SSSR count). The molecule has 100 valence electrons. The van der Waals surface area contributed by atoms with E-state index in [9.17, 15) is 4.79 Å². The predicted octanol–water partition coefficient (Wildman–Crippen LogP) is 2.45. The molecule has 2 N–H and O–H groups in total. The van der Waals surface area contributed by atoms with Crippen molar-refractivity contribution in [3.05, 3.63) is 35.4 Å². The van der Waals surface area contributed by atoms with Gasteiger partial charge in [0.2, 0.25) is 0 Å². The molecule has 0 radical (unpaired) electrons. The summed E-state index contributed by atoms with van der Waals surface area (Å²) in [6.07, 6.45) is 3.11. The highest BCUT2D eigenvalue weighted by molar-refractivity contribution is 5.94. The summed E-state index contributed by atoms with van der Waals surface area (Å²) in [4.78, 5) is 14.2. The number of nitrogens with two attached hydrogens (primary N) is 1. The lowest BCUT2D eigenvalue weighted by Gasteiger charge is -2.22. The Labute approximate surface area is 110 Å². The highest BCUT2D eigenvalue weighted by Gasteiger charge is 2.14. The van der Waals surface area contributed by atoms with Crippen molar-refractivity contribution in [2.75, 3.05) is 19.6 Å².